The van der Waals surface area contributed by atoms with Crippen LogP contribution >= 0.6 is 0 Å². The van der Waals surface area contributed by atoms with E-state index in [1.54, 1.807) is 6.20 Å². The zero-order valence-corrected chi connectivity index (χ0v) is 9.92. The third-order valence-corrected chi connectivity index (χ3v) is 2.31. The van der Waals surface area contributed by atoms with Crippen LogP contribution in [0.2, 0.25) is 0 Å². The Hall–Kier alpha value is -1.58. The van der Waals surface area contributed by atoms with E-state index in [1.807, 2.05) is 19.2 Å². The van der Waals surface area contributed by atoms with Gasteiger partial charge in [-0.2, -0.15) is 0 Å². The number of hydrogen-bond donors (Lipinski definition) is 2. The van der Waals surface area contributed by atoms with Crippen molar-refractivity contribution in [2.75, 3.05) is 17.7 Å². The number of carbonyl (C=O) groups is 1. The summed E-state index contributed by atoms with van der Waals surface area (Å²) >= 11 is 0. The summed E-state index contributed by atoms with van der Waals surface area (Å²) in [6.45, 7) is 2.12. The molecule has 0 fully saturated rings. The molecule has 0 unspecified atom stereocenters. The molecule has 1 amide bonds. The topological polar surface area (TPSA) is 54.0 Å². The fraction of sp³-hybridized carbons (Fsp3) is 0.500. The van der Waals surface area contributed by atoms with Crippen molar-refractivity contribution >= 4 is 17.4 Å². The molecule has 0 spiro atoms. The third-order valence-electron chi connectivity index (χ3n) is 2.31. The van der Waals surface area contributed by atoms with Gasteiger partial charge in [0.05, 0.1) is 11.9 Å². The van der Waals surface area contributed by atoms with E-state index < -0.39 is 0 Å². The predicted molar refractivity (Wildman–Crippen MR) is 66.6 cm³/mol. The largest absolute Gasteiger partial charge is 0.373 e. The van der Waals surface area contributed by atoms with Crippen molar-refractivity contribution in [3.05, 3.63) is 18.3 Å². The van der Waals surface area contributed by atoms with Crippen molar-refractivity contribution < 1.29 is 4.79 Å². The lowest BCUT2D eigenvalue weighted by Gasteiger charge is -2.05. The van der Waals surface area contributed by atoms with E-state index in [-0.39, 0.29) is 5.91 Å². The molecular weight excluding hydrogens is 202 g/mol. The zero-order chi connectivity index (χ0) is 11.8. The van der Waals surface area contributed by atoms with Crippen LogP contribution < -0.4 is 10.6 Å². The highest BCUT2D eigenvalue weighted by Crippen LogP contribution is 2.10. The van der Waals surface area contributed by atoms with E-state index in [0.29, 0.717) is 6.42 Å². The standard InChI is InChI=1S/C12H19N3O/c1-3-4-5-6-12(16)15-10-7-8-11(13-2)14-9-10/h7-9H,3-6H2,1-2H3,(H,13,14)(H,15,16). The molecule has 4 nitrogen and oxygen atoms in total. The van der Waals surface area contributed by atoms with Gasteiger partial charge in [-0.15, -0.1) is 0 Å². The average molecular weight is 221 g/mol. The Balaban J connectivity index is 2.37. The van der Waals surface area contributed by atoms with Gasteiger partial charge in [-0.05, 0) is 18.6 Å². The molecule has 0 aliphatic rings. The first kappa shape index (κ1) is 12.5. The molecule has 1 rings (SSSR count). The molecule has 1 aromatic rings. The molecule has 4 heteroatoms. The monoisotopic (exact) mass is 221 g/mol. The number of unbranched alkanes of at least 4 members (excludes halogenated alkanes) is 2. The summed E-state index contributed by atoms with van der Waals surface area (Å²) in [4.78, 5) is 15.6. The summed E-state index contributed by atoms with van der Waals surface area (Å²) in [6.07, 6.45) is 5.42. The molecule has 1 heterocycles. The summed E-state index contributed by atoms with van der Waals surface area (Å²) < 4.78 is 0. The van der Waals surface area contributed by atoms with Gasteiger partial charge in [0, 0.05) is 13.5 Å². The van der Waals surface area contributed by atoms with Crippen molar-refractivity contribution in [1.82, 2.24) is 4.98 Å². The van der Waals surface area contributed by atoms with Crippen molar-refractivity contribution in [3.8, 4) is 0 Å². The number of aromatic nitrogens is 1. The number of hydrogen-bond acceptors (Lipinski definition) is 3. The molecule has 88 valence electrons. The van der Waals surface area contributed by atoms with Gasteiger partial charge < -0.3 is 10.6 Å². The van der Waals surface area contributed by atoms with Crippen LogP contribution in [0.3, 0.4) is 0 Å². The van der Waals surface area contributed by atoms with Crippen LogP contribution in [0.5, 0.6) is 0 Å². The van der Waals surface area contributed by atoms with Crippen molar-refractivity contribution in [1.29, 1.82) is 0 Å². The van der Waals surface area contributed by atoms with Gasteiger partial charge >= 0.3 is 0 Å². The van der Waals surface area contributed by atoms with Gasteiger partial charge in [-0.1, -0.05) is 19.8 Å². The van der Waals surface area contributed by atoms with E-state index in [4.69, 9.17) is 0 Å². The summed E-state index contributed by atoms with van der Waals surface area (Å²) in [5, 5.41) is 5.75. The van der Waals surface area contributed by atoms with Crippen LogP contribution in [-0.4, -0.2) is 17.9 Å². The van der Waals surface area contributed by atoms with Gasteiger partial charge in [0.2, 0.25) is 5.91 Å². The number of nitrogens with one attached hydrogen (secondary N) is 2. The Labute approximate surface area is 96.5 Å². The molecular formula is C12H19N3O. The predicted octanol–water partition coefficient (Wildman–Crippen LogP) is 2.64. The lowest BCUT2D eigenvalue weighted by molar-refractivity contribution is -0.116. The van der Waals surface area contributed by atoms with Crippen molar-refractivity contribution in [3.63, 3.8) is 0 Å². The highest BCUT2D eigenvalue weighted by atomic mass is 16.1. The van der Waals surface area contributed by atoms with Gasteiger partial charge in [-0.25, -0.2) is 4.98 Å². The van der Waals surface area contributed by atoms with E-state index >= 15 is 0 Å². The highest BCUT2D eigenvalue weighted by molar-refractivity contribution is 5.90. The van der Waals surface area contributed by atoms with E-state index in [9.17, 15) is 4.79 Å². The van der Waals surface area contributed by atoms with E-state index in [0.717, 1.165) is 30.8 Å². The maximum atomic E-state index is 11.5. The Bertz CT molecular complexity index is 322. The maximum Gasteiger partial charge on any atom is 0.224 e. The zero-order valence-electron chi connectivity index (χ0n) is 9.92. The summed E-state index contributed by atoms with van der Waals surface area (Å²) in [5.41, 5.74) is 0.750. The summed E-state index contributed by atoms with van der Waals surface area (Å²) in [7, 11) is 1.81. The number of pyridine rings is 1. The highest BCUT2D eigenvalue weighted by Gasteiger charge is 2.01. The molecule has 0 aliphatic carbocycles. The molecule has 0 saturated heterocycles. The molecule has 1 aromatic heterocycles. The van der Waals surface area contributed by atoms with Gasteiger partial charge in [0.25, 0.3) is 0 Å². The second-order valence-corrected chi connectivity index (χ2v) is 3.69. The Morgan fingerprint density at radius 2 is 2.19 bits per heavy atom. The Morgan fingerprint density at radius 3 is 2.75 bits per heavy atom. The van der Waals surface area contributed by atoms with Crippen molar-refractivity contribution in [2.45, 2.75) is 32.6 Å². The molecule has 0 saturated carbocycles. The van der Waals surface area contributed by atoms with Gasteiger partial charge in [0.1, 0.15) is 5.82 Å². The van der Waals surface area contributed by atoms with Gasteiger partial charge in [0.15, 0.2) is 0 Å². The lowest BCUT2D eigenvalue weighted by Crippen LogP contribution is -2.11. The molecule has 0 radical (unpaired) electrons. The number of carbonyl (C=O) groups excluding carboxylic acids is 1. The van der Waals surface area contributed by atoms with Crippen molar-refractivity contribution in [2.24, 2.45) is 0 Å². The number of rotatable bonds is 6. The van der Waals surface area contributed by atoms with E-state index in [1.165, 1.54) is 0 Å². The van der Waals surface area contributed by atoms with Crippen LogP contribution in [0, 0.1) is 0 Å². The fourth-order valence-corrected chi connectivity index (χ4v) is 1.37. The first-order valence-electron chi connectivity index (χ1n) is 5.70. The normalized spacial score (nSPS) is 9.88. The van der Waals surface area contributed by atoms with Crippen LogP contribution in [0.4, 0.5) is 11.5 Å². The SMILES string of the molecule is CCCCCC(=O)Nc1ccc(NC)nc1. The third kappa shape index (κ3) is 4.29. The first-order valence-corrected chi connectivity index (χ1v) is 5.70. The maximum absolute atomic E-state index is 11.5. The first-order chi connectivity index (χ1) is 7.76. The second kappa shape index (κ2) is 6.82. The van der Waals surface area contributed by atoms with Crippen LogP contribution in [0.25, 0.3) is 0 Å². The quantitative estimate of drug-likeness (QED) is 0.726. The average Bonchev–Trinajstić information content (AvgIpc) is 2.30. The van der Waals surface area contributed by atoms with Crippen LogP contribution in [-0.2, 0) is 4.79 Å². The minimum Gasteiger partial charge on any atom is -0.373 e. The molecule has 2 N–H and O–H groups in total. The van der Waals surface area contributed by atoms with Gasteiger partial charge in [-0.3, -0.25) is 4.79 Å². The molecule has 0 aliphatic heterocycles. The Morgan fingerprint density at radius 1 is 1.38 bits per heavy atom. The summed E-state index contributed by atoms with van der Waals surface area (Å²) in [5.74, 6) is 0.858. The molecule has 0 bridgehead atoms. The number of anilines is 2. The molecule has 16 heavy (non-hydrogen) atoms. The molecule has 0 aromatic carbocycles. The number of amides is 1. The minimum absolute atomic E-state index is 0.0625. The second-order valence-electron chi connectivity index (χ2n) is 3.69. The number of nitrogens with zero attached hydrogens (tertiary/aromatic N) is 1. The lowest BCUT2D eigenvalue weighted by atomic mass is 10.2. The fourth-order valence-electron chi connectivity index (χ4n) is 1.37. The Kier molecular flexibility index (Phi) is 5.32. The van der Waals surface area contributed by atoms with E-state index in [2.05, 4.69) is 22.5 Å². The van der Waals surface area contributed by atoms with Crippen LogP contribution in [0.1, 0.15) is 32.6 Å². The minimum atomic E-state index is 0.0625. The smallest absolute Gasteiger partial charge is 0.224 e. The summed E-state index contributed by atoms with van der Waals surface area (Å²) in [6, 6.07) is 3.68. The van der Waals surface area contributed by atoms with Crippen LogP contribution in [0.15, 0.2) is 18.3 Å². The molecule has 0 atom stereocenters.